The number of nitrogens with zero attached hydrogens (tertiary/aromatic N) is 1. The average molecular weight is 364 g/mol. The molecule has 0 radical (unpaired) electrons. The van der Waals surface area contributed by atoms with E-state index in [2.05, 4.69) is 5.32 Å². The maximum Gasteiger partial charge on any atom is 0.324 e. The highest BCUT2D eigenvalue weighted by atomic mass is 16.5. The summed E-state index contributed by atoms with van der Waals surface area (Å²) in [7, 11) is 2.92. The molecule has 0 aliphatic carbocycles. The van der Waals surface area contributed by atoms with Crippen LogP contribution in [0.4, 0.5) is 4.79 Å². The summed E-state index contributed by atoms with van der Waals surface area (Å²) >= 11 is 0. The molecule has 1 saturated heterocycles. The molecular formula is C17H20N2O7. The van der Waals surface area contributed by atoms with Crippen molar-refractivity contribution in [1.82, 2.24) is 10.2 Å². The highest BCUT2D eigenvalue weighted by molar-refractivity contribution is 6.02. The Morgan fingerprint density at radius 2 is 1.96 bits per heavy atom. The van der Waals surface area contributed by atoms with Gasteiger partial charge in [0.2, 0.25) is 11.7 Å². The smallest absolute Gasteiger partial charge is 0.324 e. The first-order valence-corrected chi connectivity index (χ1v) is 7.95. The summed E-state index contributed by atoms with van der Waals surface area (Å²) < 4.78 is 15.2. The number of hydrogen-bond donors (Lipinski definition) is 1. The van der Waals surface area contributed by atoms with Crippen LogP contribution < -0.4 is 14.8 Å². The normalized spacial score (nSPS) is 13.4. The predicted molar refractivity (Wildman–Crippen MR) is 89.2 cm³/mol. The molecule has 1 aliphatic rings. The van der Waals surface area contributed by atoms with E-state index in [1.807, 2.05) is 0 Å². The summed E-state index contributed by atoms with van der Waals surface area (Å²) in [6, 6.07) is 4.24. The number of carbonyl (C=O) groups excluding carboxylic acids is 4. The van der Waals surface area contributed by atoms with Gasteiger partial charge < -0.3 is 19.5 Å². The van der Waals surface area contributed by atoms with Crippen LogP contribution in [0.1, 0.15) is 23.2 Å². The van der Waals surface area contributed by atoms with Crippen molar-refractivity contribution in [2.75, 3.05) is 33.9 Å². The lowest BCUT2D eigenvalue weighted by atomic mass is 10.1. The van der Waals surface area contributed by atoms with Crippen molar-refractivity contribution in [3.8, 4) is 11.5 Å². The predicted octanol–water partition coefficient (Wildman–Crippen LogP) is 0.762. The van der Waals surface area contributed by atoms with Crippen LogP contribution in [0.3, 0.4) is 0 Å². The van der Waals surface area contributed by atoms with Crippen LogP contribution in [0, 0.1) is 0 Å². The van der Waals surface area contributed by atoms with Gasteiger partial charge >= 0.3 is 12.0 Å². The van der Waals surface area contributed by atoms with Crippen molar-refractivity contribution in [3.05, 3.63) is 23.8 Å². The van der Waals surface area contributed by atoms with Gasteiger partial charge in [0.1, 0.15) is 11.5 Å². The molecule has 0 saturated carbocycles. The highest BCUT2D eigenvalue weighted by Gasteiger charge is 2.27. The first-order valence-electron chi connectivity index (χ1n) is 7.95. The molecule has 1 aromatic rings. The zero-order valence-corrected chi connectivity index (χ0v) is 14.6. The summed E-state index contributed by atoms with van der Waals surface area (Å²) in [5.41, 5.74) is 0.278. The third-order valence-electron chi connectivity index (χ3n) is 3.77. The van der Waals surface area contributed by atoms with E-state index in [1.165, 1.54) is 20.3 Å². The fourth-order valence-corrected chi connectivity index (χ4v) is 2.39. The third kappa shape index (κ3) is 4.71. The summed E-state index contributed by atoms with van der Waals surface area (Å²) in [6.07, 6.45) is 0.252. The fourth-order valence-electron chi connectivity index (χ4n) is 2.39. The number of amides is 3. The standard InChI is InChI=1S/C17H20N2O7/c1-24-11-5-6-12(14(8-11)25-2)13(20)10-26-16(22)4-3-7-19-15(21)9-18-17(19)23/h5-6,8H,3-4,7,9-10H2,1-2H3,(H,18,23). The Bertz CT molecular complexity index is 701. The number of benzene rings is 1. The lowest BCUT2D eigenvalue weighted by Gasteiger charge is -2.12. The molecule has 3 amide bonds. The van der Waals surface area contributed by atoms with Gasteiger partial charge in [0.25, 0.3) is 0 Å². The Hall–Kier alpha value is -3.10. The van der Waals surface area contributed by atoms with E-state index in [0.29, 0.717) is 11.5 Å². The second-order valence-electron chi connectivity index (χ2n) is 5.46. The van der Waals surface area contributed by atoms with Gasteiger partial charge in [-0.2, -0.15) is 0 Å². The molecule has 0 spiro atoms. The number of nitrogens with one attached hydrogen (secondary N) is 1. The van der Waals surface area contributed by atoms with Crippen molar-refractivity contribution in [2.45, 2.75) is 12.8 Å². The number of Topliss-reactive ketones (excluding diaryl/α,β-unsaturated/α-hetero) is 1. The number of carbonyl (C=O) groups is 4. The lowest BCUT2D eigenvalue weighted by molar-refractivity contribution is -0.142. The molecule has 9 heteroatoms. The van der Waals surface area contributed by atoms with Gasteiger partial charge in [-0.25, -0.2) is 4.79 Å². The van der Waals surface area contributed by atoms with Gasteiger partial charge in [0, 0.05) is 19.0 Å². The minimum Gasteiger partial charge on any atom is -0.497 e. The topological polar surface area (TPSA) is 111 Å². The quantitative estimate of drug-likeness (QED) is 0.391. The molecular weight excluding hydrogens is 344 g/mol. The number of ether oxygens (including phenoxy) is 3. The lowest BCUT2D eigenvalue weighted by Crippen LogP contribution is -2.32. The van der Waals surface area contributed by atoms with Crippen molar-refractivity contribution >= 4 is 23.7 Å². The monoisotopic (exact) mass is 364 g/mol. The average Bonchev–Trinajstić information content (AvgIpc) is 2.97. The van der Waals surface area contributed by atoms with Crippen LogP contribution >= 0.6 is 0 Å². The Kier molecular flexibility index (Phi) is 6.54. The van der Waals surface area contributed by atoms with Crippen molar-refractivity contribution in [3.63, 3.8) is 0 Å². The molecule has 1 aliphatic heterocycles. The molecule has 1 N–H and O–H groups in total. The van der Waals surface area contributed by atoms with Gasteiger partial charge in [-0.05, 0) is 18.6 Å². The van der Waals surface area contributed by atoms with Gasteiger partial charge in [-0.15, -0.1) is 0 Å². The van der Waals surface area contributed by atoms with Gasteiger partial charge in [-0.3, -0.25) is 19.3 Å². The SMILES string of the molecule is COc1ccc(C(=O)COC(=O)CCCN2C(=O)CNC2=O)c(OC)c1. The molecule has 0 atom stereocenters. The number of imide groups is 1. The van der Waals surface area contributed by atoms with E-state index in [4.69, 9.17) is 14.2 Å². The number of ketones is 1. The Labute approximate surface area is 150 Å². The molecule has 0 bridgehead atoms. The van der Waals surface area contributed by atoms with Crippen LogP contribution in [-0.2, 0) is 14.3 Å². The van der Waals surface area contributed by atoms with E-state index in [-0.39, 0.29) is 37.4 Å². The van der Waals surface area contributed by atoms with Crippen molar-refractivity contribution in [2.24, 2.45) is 0 Å². The van der Waals surface area contributed by atoms with Gasteiger partial charge in [0.15, 0.2) is 6.61 Å². The van der Waals surface area contributed by atoms with E-state index >= 15 is 0 Å². The summed E-state index contributed by atoms with van der Waals surface area (Å²) in [6.45, 7) is -0.327. The molecule has 2 rings (SSSR count). The van der Waals surface area contributed by atoms with Gasteiger partial charge in [-0.1, -0.05) is 0 Å². The molecule has 0 unspecified atom stereocenters. The summed E-state index contributed by atoms with van der Waals surface area (Å²) in [5, 5.41) is 2.39. The zero-order valence-electron chi connectivity index (χ0n) is 14.6. The van der Waals surface area contributed by atoms with Gasteiger partial charge in [0.05, 0.1) is 26.3 Å². The molecule has 9 nitrogen and oxygen atoms in total. The van der Waals surface area contributed by atoms with E-state index in [1.54, 1.807) is 12.1 Å². The second-order valence-corrected chi connectivity index (χ2v) is 5.46. The number of esters is 1. The van der Waals surface area contributed by atoms with E-state index in [0.717, 1.165) is 4.90 Å². The maximum absolute atomic E-state index is 12.2. The number of methoxy groups -OCH3 is 2. The maximum atomic E-state index is 12.2. The first-order chi connectivity index (χ1) is 12.5. The summed E-state index contributed by atoms with van der Waals surface area (Å²) in [4.78, 5) is 47.7. The second kappa shape index (κ2) is 8.84. The van der Waals surface area contributed by atoms with Crippen LogP contribution in [-0.4, -0.2) is 62.5 Å². The first kappa shape index (κ1) is 19.2. The minimum absolute atomic E-state index is 0.00983. The molecule has 1 aromatic carbocycles. The van der Waals surface area contributed by atoms with Crippen LogP contribution in [0.5, 0.6) is 11.5 Å². The molecule has 1 heterocycles. The molecule has 0 aromatic heterocycles. The van der Waals surface area contributed by atoms with Crippen LogP contribution in [0.25, 0.3) is 0 Å². The molecule has 1 fully saturated rings. The largest absolute Gasteiger partial charge is 0.497 e. The third-order valence-corrected chi connectivity index (χ3v) is 3.77. The highest BCUT2D eigenvalue weighted by Crippen LogP contribution is 2.25. The van der Waals surface area contributed by atoms with Crippen LogP contribution in [0.2, 0.25) is 0 Å². The zero-order chi connectivity index (χ0) is 19.1. The Morgan fingerprint density at radius 1 is 1.19 bits per heavy atom. The van der Waals surface area contributed by atoms with Crippen LogP contribution in [0.15, 0.2) is 18.2 Å². The minimum atomic E-state index is -0.585. The Morgan fingerprint density at radius 3 is 2.58 bits per heavy atom. The molecule has 26 heavy (non-hydrogen) atoms. The van der Waals surface area contributed by atoms with E-state index in [9.17, 15) is 19.2 Å². The molecule has 140 valence electrons. The number of urea groups is 1. The number of rotatable bonds is 9. The van der Waals surface area contributed by atoms with Crippen molar-refractivity contribution < 1.29 is 33.4 Å². The van der Waals surface area contributed by atoms with Crippen molar-refractivity contribution in [1.29, 1.82) is 0 Å². The number of hydrogen-bond acceptors (Lipinski definition) is 7. The van der Waals surface area contributed by atoms with E-state index < -0.39 is 24.4 Å². The summed E-state index contributed by atoms with van der Waals surface area (Å²) in [5.74, 6) is -0.463. The Balaban J connectivity index is 1.79. The fraction of sp³-hybridized carbons (Fsp3) is 0.412.